The molecule has 3 unspecified atom stereocenters. The third kappa shape index (κ3) is 3.75. The summed E-state index contributed by atoms with van der Waals surface area (Å²) in [5.74, 6) is 0.797. The van der Waals surface area contributed by atoms with Gasteiger partial charge in [-0.15, -0.1) is 0 Å². The van der Waals surface area contributed by atoms with Crippen molar-refractivity contribution in [2.24, 2.45) is 11.3 Å². The molecule has 1 aliphatic carbocycles. The van der Waals surface area contributed by atoms with Crippen LogP contribution in [0.4, 0.5) is 0 Å². The molecule has 1 saturated heterocycles. The molecule has 3 heteroatoms. The predicted molar refractivity (Wildman–Crippen MR) is 85.1 cm³/mol. The Bertz CT molecular complexity index is 293. The van der Waals surface area contributed by atoms with E-state index in [0.717, 1.165) is 32.2 Å². The molecular formula is C17H34N2O. The summed E-state index contributed by atoms with van der Waals surface area (Å²) in [5.41, 5.74) is 0.437. The molecule has 1 saturated carbocycles. The molecule has 20 heavy (non-hydrogen) atoms. The average Bonchev–Trinajstić information content (AvgIpc) is 2.43. The molecule has 0 aromatic heterocycles. The van der Waals surface area contributed by atoms with Gasteiger partial charge in [0.15, 0.2) is 0 Å². The minimum Gasteiger partial charge on any atom is -0.378 e. The Labute approximate surface area is 125 Å². The zero-order chi connectivity index (χ0) is 14.6. The Kier molecular flexibility index (Phi) is 5.88. The van der Waals surface area contributed by atoms with Crippen LogP contribution in [-0.2, 0) is 4.74 Å². The van der Waals surface area contributed by atoms with Crippen molar-refractivity contribution in [2.45, 2.75) is 65.5 Å². The van der Waals surface area contributed by atoms with E-state index < -0.39 is 0 Å². The third-order valence-corrected chi connectivity index (χ3v) is 5.42. The van der Waals surface area contributed by atoms with Gasteiger partial charge in [0.25, 0.3) is 0 Å². The number of nitrogens with one attached hydrogen (secondary N) is 1. The molecule has 0 aromatic rings. The molecule has 2 fully saturated rings. The molecule has 118 valence electrons. The van der Waals surface area contributed by atoms with Gasteiger partial charge in [-0.2, -0.15) is 0 Å². The number of morpholine rings is 1. The Hall–Kier alpha value is -0.120. The molecule has 1 N–H and O–H groups in total. The summed E-state index contributed by atoms with van der Waals surface area (Å²) in [6, 6.07) is 1.30. The van der Waals surface area contributed by atoms with Crippen LogP contribution in [0.3, 0.4) is 0 Å². The fourth-order valence-electron chi connectivity index (χ4n) is 4.25. The summed E-state index contributed by atoms with van der Waals surface area (Å²) in [5, 5.41) is 3.79. The summed E-state index contributed by atoms with van der Waals surface area (Å²) in [4.78, 5) is 2.69. The van der Waals surface area contributed by atoms with E-state index in [0.29, 0.717) is 17.5 Å². The lowest BCUT2D eigenvalue weighted by molar-refractivity contribution is -0.0276. The Morgan fingerprint density at radius 1 is 1.30 bits per heavy atom. The number of hydrogen-bond donors (Lipinski definition) is 1. The SMILES string of the molecule is CCNC1C(CN2CCOCC2CC)CCCC1(C)C. The fraction of sp³-hybridized carbons (Fsp3) is 1.00. The van der Waals surface area contributed by atoms with E-state index in [9.17, 15) is 0 Å². The molecule has 0 spiro atoms. The van der Waals surface area contributed by atoms with E-state index in [2.05, 4.69) is 37.9 Å². The van der Waals surface area contributed by atoms with Crippen LogP contribution in [0, 0.1) is 11.3 Å². The lowest BCUT2D eigenvalue weighted by Crippen LogP contribution is -2.55. The molecule has 0 radical (unpaired) electrons. The smallest absolute Gasteiger partial charge is 0.0622 e. The van der Waals surface area contributed by atoms with Crippen molar-refractivity contribution in [3.63, 3.8) is 0 Å². The normalized spacial score (nSPS) is 35.1. The first kappa shape index (κ1) is 16.3. The lowest BCUT2D eigenvalue weighted by atomic mass is 9.67. The molecule has 3 nitrogen and oxygen atoms in total. The maximum Gasteiger partial charge on any atom is 0.0622 e. The van der Waals surface area contributed by atoms with Gasteiger partial charge in [0, 0.05) is 25.2 Å². The number of ether oxygens (including phenoxy) is 1. The van der Waals surface area contributed by atoms with Crippen LogP contribution in [0.5, 0.6) is 0 Å². The predicted octanol–water partition coefficient (Wildman–Crippen LogP) is 2.90. The quantitative estimate of drug-likeness (QED) is 0.839. The third-order valence-electron chi connectivity index (χ3n) is 5.42. The number of hydrogen-bond acceptors (Lipinski definition) is 3. The van der Waals surface area contributed by atoms with Gasteiger partial charge in [-0.05, 0) is 37.1 Å². The van der Waals surface area contributed by atoms with Gasteiger partial charge in [0.1, 0.15) is 0 Å². The van der Waals surface area contributed by atoms with E-state index in [-0.39, 0.29) is 0 Å². The minimum atomic E-state index is 0.437. The van der Waals surface area contributed by atoms with E-state index in [1.165, 1.54) is 32.2 Å². The van der Waals surface area contributed by atoms with Crippen molar-refractivity contribution in [1.29, 1.82) is 0 Å². The lowest BCUT2D eigenvalue weighted by Gasteiger charge is -2.47. The van der Waals surface area contributed by atoms with Crippen molar-refractivity contribution in [2.75, 3.05) is 32.8 Å². The van der Waals surface area contributed by atoms with Crippen LogP contribution < -0.4 is 5.32 Å². The summed E-state index contributed by atoms with van der Waals surface area (Å²) in [6.45, 7) is 14.7. The van der Waals surface area contributed by atoms with Crippen LogP contribution in [0.15, 0.2) is 0 Å². The Balaban J connectivity index is 2.01. The first-order chi connectivity index (χ1) is 9.58. The summed E-state index contributed by atoms with van der Waals surface area (Å²) < 4.78 is 5.65. The van der Waals surface area contributed by atoms with Crippen LogP contribution in [0.25, 0.3) is 0 Å². The van der Waals surface area contributed by atoms with Crippen LogP contribution in [0.2, 0.25) is 0 Å². The molecule has 1 heterocycles. The Morgan fingerprint density at radius 2 is 2.10 bits per heavy atom. The van der Waals surface area contributed by atoms with E-state index in [1.54, 1.807) is 0 Å². The monoisotopic (exact) mass is 282 g/mol. The fourth-order valence-corrected chi connectivity index (χ4v) is 4.25. The minimum absolute atomic E-state index is 0.437. The first-order valence-electron chi connectivity index (χ1n) is 8.63. The highest BCUT2D eigenvalue weighted by molar-refractivity contribution is 4.95. The molecule has 3 atom stereocenters. The highest BCUT2D eigenvalue weighted by Crippen LogP contribution is 2.39. The molecule has 0 bridgehead atoms. The van der Waals surface area contributed by atoms with Crippen LogP contribution in [-0.4, -0.2) is 49.8 Å². The van der Waals surface area contributed by atoms with Crippen molar-refractivity contribution < 1.29 is 4.74 Å². The molecule has 1 aliphatic heterocycles. The van der Waals surface area contributed by atoms with Crippen molar-refractivity contribution in [1.82, 2.24) is 10.2 Å². The number of nitrogens with zero attached hydrogens (tertiary/aromatic N) is 1. The largest absolute Gasteiger partial charge is 0.378 e. The van der Waals surface area contributed by atoms with Crippen molar-refractivity contribution in [3.05, 3.63) is 0 Å². The van der Waals surface area contributed by atoms with Gasteiger partial charge >= 0.3 is 0 Å². The molecule has 2 rings (SSSR count). The van der Waals surface area contributed by atoms with Gasteiger partial charge in [-0.25, -0.2) is 0 Å². The summed E-state index contributed by atoms with van der Waals surface area (Å²) >= 11 is 0. The molecule has 0 aromatic carbocycles. The molecule has 0 amide bonds. The standard InChI is InChI=1S/C17H34N2O/c1-5-15-13-20-11-10-19(15)12-14-8-7-9-17(3,4)16(14)18-6-2/h14-16,18H,5-13H2,1-4H3. The van der Waals surface area contributed by atoms with Gasteiger partial charge in [-0.1, -0.05) is 34.1 Å². The highest BCUT2D eigenvalue weighted by atomic mass is 16.5. The average molecular weight is 282 g/mol. The second-order valence-corrected chi connectivity index (χ2v) is 7.31. The Morgan fingerprint density at radius 3 is 2.80 bits per heavy atom. The summed E-state index contributed by atoms with van der Waals surface area (Å²) in [7, 11) is 0. The maximum atomic E-state index is 5.65. The van der Waals surface area contributed by atoms with Crippen LogP contribution in [0.1, 0.15) is 53.4 Å². The van der Waals surface area contributed by atoms with Gasteiger partial charge in [-0.3, -0.25) is 4.90 Å². The molecule has 2 aliphatic rings. The second-order valence-electron chi connectivity index (χ2n) is 7.31. The second kappa shape index (κ2) is 7.24. The first-order valence-corrected chi connectivity index (χ1v) is 8.63. The van der Waals surface area contributed by atoms with Crippen molar-refractivity contribution in [3.8, 4) is 0 Å². The zero-order valence-electron chi connectivity index (χ0n) is 14.0. The van der Waals surface area contributed by atoms with Crippen LogP contribution >= 0.6 is 0 Å². The van der Waals surface area contributed by atoms with Gasteiger partial charge in [0.05, 0.1) is 13.2 Å². The zero-order valence-corrected chi connectivity index (χ0v) is 14.0. The van der Waals surface area contributed by atoms with E-state index >= 15 is 0 Å². The van der Waals surface area contributed by atoms with E-state index in [1.807, 2.05) is 0 Å². The van der Waals surface area contributed by atoms with E-state index in [4.69, 9.17) is 4.74 Å². The maximum absolute atomic E-state index is 5.65. The molecular weight excluding hydrogens is 248 g/mol. The van der Waals surface area contributed by atoms with Gasteiger partial charge in [0.2, 0.25) is 0 Å². The topological polar surface area (TPSA) is 24.5 Å². The highest BCUT2D eigenvalue weighted by Gasteiger charge is 2.39. The van der Waals surface area contributed by atoms with Crippen molar-refractivity contribution >= 4 is 0 Å². The summed E-state index contributed by atoms with van der Waals surface area (Å²) in [6.07, 6.45) is 5.35. The number of rotatable bonds is 5. The van der Waals surface area contributed by atoms with Gasteiger partial charge < -0.3 is 10.1 Å².